The summed E-state index contributed by atoms with van der Waals surface area (Å²) < 4.78 is 0. The first-order chi connectivity index (χ1) is 8.00. The van der Waals surface area contributed by atoms with Crippen LogP contribution in [0.25, 0.3) is 0 Å². The number of nitrogens with two attached hydrogens (primary N) is 1. The number of hydrogen-bond donors (Lipinski definition) is 2. The van der Waals surface area contributed by atoms with Crippen molar-refractivity contribution in [1.82, 2.24) is 0 Å². The average Bonchev–Trinajstić information content (AvgIpc) is 2.31. The number of Topliss-reactive ketones (excluding diaryl/α,β-unsaturated/α-hetero) is 1. The summed E-state index contributed by atoms with van der Waals surface area (Å²) >= 11 is 0. The molecular formula is C13H19NO3. The molecule has 1 atom stereocenters. The summed E-state index contributed by atoms with van der Waals surface area (Å²) in [6.45, 7) is 5.47. The third kappa shape index (κ3) is 5.26. The van der Waals surface area contributed by atoms with Crippen molar-refractivity contribution in [1.29, 1.82) is 0 Å². The summed E-state index contributed by atoms with van der Waals surface area (Å²) in [4.78, 5) is 21.6. The fourth-order valence-corrected chi connectivity index (χ4v) is 1.26. The van der Waals surface area contributed by atoms with Crippen LogP contribution in [0.5, 0.6) is 0 Å². The van der Waals surface area contributed by atoms with Gasteiger partial charge in [-0.25, -0.2) is 0 Å². The molecule has 1 rings (SSSR count). The zero-order chi connectivity index (χ0) is 13.4. The van der Waals surface area contributed by atoms with Crippen molar-refractivity contribution in [3.8, 4) is 0 Å². The van der Waals surface area contributed by atoms with Crippen molar-refractivity contribution in [3.63, 3.8) is 0 Å². The van der Waals surface area contributed by atoms with E-state index in [1.807, 2.05) is 13.8 Å². The molecule has 4 heteroatoms. The number of hydrogen-bond acceptors (Lipinski definition) is 3. The summed E-state index contributed by atoms with van der Waals surface area (Å²) in [5.74, 6) is -1.08. The molecule has 0 saturated carbocycles. The molecule has 17 heavy (non-hydrogen) atoms. The van der Waals surface area contributed by atoms with Gasteiger partial charge in [0.2, 0.25) is 0 Å². The fraction of sp³-hybridized carbons (Fsp3) is 0.385. The van der Waals surface area contributed by atoms with Crippen LogP contribution >= 0.6 is 0 Å². The number of carboxylic acid groups (broad SMARTS) is 1. The van der Waals surface area contributed by atoms with Crippen LogP contribution in [-0.2, 0) is 11.2 Å². The highest BCUT2D eigenvalue weighted by Crippen LogP contribution is 2.08. The maximum absolute atomic E-state index is 11.1. The maximum Gasteiger partial charge on any atom is 0.320 e. The molecule has 0 aliphatic rings. The van der Waals surface area contributed by atoms with E-state index in [4.69, 9.17) is 10.8 Å². The number of aliphatic carboxylic acids is 1. The minimum atomic E-state index is -1.04. The van der Waals surface area contributed by atoms with Crippen molar-refractivity contribution in [2.75, 3.05) is 0 Å². The van der Waals surface area contributed by atoms with Crippen molar-refractivity contribution < 1.29 is 14.7 Å². The number of rotatable bonds is 4. The molecule has 0 aliphatic heterocycles. The van der Waals surface area contributed by atoms with E-state index in [1.165, 1.54) is 6.92 Å². The maximum atomic E-state index is 11.1. The molecule has 3 N–H and O–H groups in total. The van der Waals surface area contributed by atoms with E-state index in [0.717, 1.165) is 5.56 Å². The lowest BCUT2D eigenvalue weighted by Gasteiger charge is -2.06. The van der Waals surface area contributed by atoms with Crippen LogP contribution in [0, 0.1) is 0 Å². The van der Waals surface area contributed by atoms with Gasteiger partial charge in [-0.1, -0.05) is 32.0 Å². The molecule has 0 heterocycles. The van der Waals surface area contributed by atoms with Gasteiger partial charge < -0.3 is 10.8 Å². The molecule has 0 bridgehead atoms. The number of ketones is 1. The summed E-state index contributed by atoms with van der Waals surface area (Å²) in [5, 5.41) is 8.63. The Hall–Kier alpha value is -1.68. The van der Waals surface area contributed by atoms with Crippen LogP contribution in [0.4, 0.5) is 0 Å². The van der Waals surface area contributed by atoms with Gasteiger partial charge in [-0.15, -0.1) is 0 Å². The zero-order valence-corrected chi connectivity index (χ0v) is 10.4. The Bertz CT molecular complexity index is 388. The number of benzene rings is 1. The molecule has 1 aromatic carbocycles. The minimum Gasteiger partial charge on any atom is -0.480 e. The Morgan fingerprint density at radius 2 is 1.94 bits per heavy atom. The molecule has 1 unspecified atom stereocenters. The smallest absolute Gasteiger partial charge is 0.320 e. The van der Waals surface area contributed by atoms with E-state index in [9.17, 15) is 9.59 Å². The van der Waals surface area contributed by atoms with Crippen molar-refractivity contribution in [2.45, 2.75) is 33.2 Å². The second-order valence-electron chi connectivity index (χ2n) is 3.41. The van der Waals surface area contributed by atoms with E-state index in [2.05, 4.69) is 0 Å². The molecule has 4 nitrogen and oxygen atoms in total. The van der Waals surface area contributed by atoms with Crippen LogP contribution in [0.3, 0.4) is 0 Å². The molecule has 1 aromatic rings. The van der Waals surface area contributed by atoms with Crippen LogP contribution in [0.2, 0.25) is 0 Å². The van der Waals surface area contributed by atoms with Crippen LogP contribution in [0.15, 0.2) is 24.3 Å². The summed E-state index contributed by atoms with van der Waals surface area (Å²) in [7, 11) is 0. The number of carbonyl (C=O) groups excluding carboxylic acids is 1. The Balaban J connectivity index is 0.00000121. The third-order valence-electron chi connectivity index (χ3n) is 2.11. The molecule has 0 spiro atoms. The van der Waals surface area contributed by atoms with Gasteiger partial charge in [0.05, 0.1) is 0 Å². The SMILES string of the molecule is CC.CC(=O)c1cccc(CC(N)C(=O)O)c1. The third-order valence-corrected chi connectivity index (χ3v) is 2.11. The highest BCUT2D eigenvalue weighted by Gasteiger charge is 2.12. The normalized spacial score (nSPS) is 11.1. The Labute approximate surface area is 101 Å². The van der Waals surface area contributed by atoms with Gasteiger partial charge in [0.25, 0.3) is 0 Å². The molecule has 0 aliphatic carbocycles. The standard InChI is InChI=1S/C11H13NO3.C2H6/c1-7(13)9-4-2-3-8(5-9)6-10(12)11(14)15;1-2/h2-5,10H,6,12H2,1H3,(H,14,15);1-2H3. The van der Waals surface area contributed by atoms with E-state index in [0.29, 0.717) is 5.56 Å². The highest BCUT2D eigenvalue weighted by atomic mass is 16.4. The molecule has 0 saturated heterocycles. The Kier molecular flexibility index (Phi) is 6.82. The zero-order valence-electron chi connectivity index (χ0n) is 10.4. The topological polar surface area (TPSA) is 80.4 Å². The minimum absolute atomic E-state index is 0.0410. The lowest BCUT2D eigenvalue weighted by Crippen LogP contribution is -2.32. The van der Waals surface area contributed by atoms with Gasteiger partial charge in [-0.05, 0) is 25.0 Å². The predicted molar refractivity (Wildman–Crippen MR) is 67.1 cm³/mol. The molecule has 0 amide bonds. The second kappa shape index (κ2) is 7.57. The first-order valence-corrected chi connectivity index (χ1v) is 5.59. The molecule has 94 valence electrons. The first kappa shape index (κ1) is 15.3. The monoisotopic (exact) mass is 237 g/mol. The van der Waals surface area contributed by atoms with E-state index < -0.39 is 12.0 Å². The largest absolute Gasteiger partial charge is 0.480 e. The van der Waals surface area contributed by atoms with Crippen molar-refractivity contribution >= 4 is 11.8 Å². The molecule has 0 aromatic heterocycles. The van der Waals surface area contributed by atoms with E-state index in [-0.39, 0.29) is 12.2 Å². The summed E-state index contributed by atoms with van der Waals surface area (Å²) in [5.41, 5.74) is 6.73. The van der Waals surface area contributed by atoms with E-state index >= 15 is 0 Å². The van der Waals surface area contributed by atoms with Gasteiger partial charge in [-0.3, -0.25) is 9.59 Å². The molecule has 0 radical (unpaired) electrons. The van der Waals surface area contributed by atoms with Gasteiger partial charge in [-0.2, -0.15) is 0 Å². The second-order valence-corrected chi connectivity index (χ2v) is 3.41. The fourth-order valence-electron chi connectivity index (χ4n) is 1.26. The summed E-state index contributed by atoms with van der Waals surface area (Å²) in [6.07, 6.45) is 0.233. The van der Waals surface area contributed by atoms with E-state index in [1.54, 1.807) is 24.3 Å². The summed E-state index contributed by atoms with van der Waals surface area (Å²) in [6, 6.07) is 5.92. The molecule has 0 fully saturated rings. The van der Waals surface area contributed by atoms with Crippen molar-refractivity contribution in [2.24, 2.45) is 5.73 Å². The highest BCUT2D eigenvalue weighted by molar-refractivity contribution is 5.94. The predicted octanol–water partition coefficient (Wildman–Crippen LogP) is 1.87. The van der Waals surface area contributed by atoms with Crippen LogP contribution in [0.1, 0.15) is 36.7 Å². The first-order valence-electron chi connectivity index (χ1n) is 5.59. The van der Waals surface area contributed by atoms with Crippen LogP contribution < -0.4 is 5.73 Å². The lowest BCUT2D eigenvalue weighted by atomic mass is 10.0. The quantitative estimate of drug-likeness (QED) is 0.783. The van der Waals surface area contributed by atoms with Gasteiger partial charge in [0.1, 0.15) is 6.04 Å². The van der Waals surface area contributed by atoms with Crippen molar-refractivity contribution in [3.05, 3.63) is 35.4 Å². The number of carbonyl (C=O) groups is 2. The Morgan fingerprint density at radius 3 is 2.41 bits per heavy atom. The average molecular weight is 237 g/mol. The number of carboxylic acids is 1. The molecular weight excluding hydrogens is 218 g/mol. The Morgan fingerprint density at radius 1 is 1.35 bits per heavy atom. The lowest BCUT2D eigenvalue weighted by molar-refractivity contribution is -0.138. The van der Waals surface area contributed by atoms with Crippen LogP contribution in [-0.4, -0.2) is 22.9 Å². The van der Waals surface area contributed by atoms with Gasteiger partial charge in [0, 0.05) is 5.56 Å². The van der Waals surface area contributed by atoms with Gasteiger partial charge >= 0.3 is 5.97 Å². The van der Waals surface area contributed by atoms with Gasteiger partial charge in [0.15, 0.2) is 5.78 Å².